The third-order valence-corrected chi connectivity index (χ3v) is 4.86. The number of anilines is 1. The van der Waals surface area contributed by atoms with Crippen molar-refractivity contribution in [3.8, 4) is 5.75 Å². The number of piperazine rings is 1. The van der Waals surface area contributed by atoms with Gasteiger partial charge in [-0.15, -0.1) is 0 Å². The van der Waals surface area contributed by atoms with Crippen molar-refractivity contribution in [2.45, 2.75) is 20.1 Å². The molecule has 1 heterocycles. The predicted octanol–water partition coefficient (Wildman–Crippen LogP) is 4.11. The van der Waals surface area contributed by atoms with Crippen molar-refractivity contribution in [2.24, 2.45) is 0 Å². The highest BCUT2D eigenvalue weighted by molar-refractivity contribution is 7.80. The van der Waals surface area contributed by atoms with Crippen LogP contribution in [0, 0.1) is 6.92 Å². The van der Waals surface area contributed by atoms with Gasteiger partial charge in [0.25, 0.3) is 0 Å². The van der Waals surface area contributed by atoms with Crippen LogP contribution in [0.5, 0.6) is 5.75 Å². The molecule has 0 spiro atoms. The first kappa shape index (κ1) is 19.5. The van der Waals surface area contributed by atoms with Gasteiger partial charge in [-0.1, -0.05) is 36.4 Å². The van der Waals surface area contributed by atoms with Crippen molar-refractivity contribution in [3.63, 3.8) is 0 Å². The number of aryl methyl sites for hydroxylation is 1. The van der Waals surface area contributed by atoms with Crippen molar-refractivity contribution in [3.05, 3.63) is 59.7 Å². The molecule has 2 aromatic carbocycles. The van der Waals surface area contributed by atoms with Crippen molar-refractivity contribution in [1.82, 2.24) is 9.80 Å². The molecule has 0 bridgehead atoms. The average Bonchev–Trinajstić information content (AvgIpc) is 2.65. The minimum atomic E-state index is -2.87. The van der Waals surface area contributed by atoms with Gasteiger partial charge in [0.1, 0.15) is 5.75 Å². The van der Waals surface area contributed by atoms with E-state index in [4.69, 9.17) is 12.2 Å². The Kier molecular flexibility index (Phi) is 6.58. The predicted molar refractivity (Wildman–Crippen MR) is 107 cm³/mol. The molecule has 27 heavy (non-hydrogen) atoms. The van der Waals surface area contributed by atoms with E-state index in [0.29, 0.717) is 10.8 Å². The molecule has 0 aliphatic carbocycles. The molecule has 0 atom stereocenters. The molecule has 0 unspecified atom stereocenters. The quantitative estimate of drug-likeness (QED) is 0.775. The number of rotatable bonds is 5. The second-order valence-corrected chi connectivity index (χ2v) is 6.94. The van der Waals surface area contributed by atoms with E-state index >= 15 is 0 Å². The minimum Gasteiger partial charge on any atom is -0.433 e. The first-order valence-corrected chi connectivity index (χ1v) is 9.30. The normalized spacial score (nSPS) is 15.0. The molecule has 0 aromatic heterocycles. The topological polar surface area (TPSA) is 27.7 Å². The second kappa shape index (κ2) is 9.10. The van der Waals surface area contributed by atoms with Gasteiger partial charge in [0.2, 0.25) is 0 Å². The summed E-state index contributed by atoms with van der Waals surface area (Å²) in [4.78, 5) is 4.44. The summed E-state index contributed by atoms with van der Waals surface area (Å²) in [7, 11) is 0. The van der Waals surface area contributed by atoms with Crippen LogP contribution in [0.1, 0.15) is 11.1 Å². The third kappa shape index (κ3) is 5.61. The zero-order valence-electron chi connectivity index (χ0n) is 15.2. The second-order valence-electron chi connectivity index (χ2n) is 6.56. The van der Waals surface area contributed by atoms with Gasteiger partial charge in [-0.25, -0.2) is 0 Å². The Bertz CT molecular complexity index is 765. The van der Waals surface area contributed by atoms with E-state index in [1.807, 2.05) is 31.2 Å². The Balaban J connectivity index is 1.55. The van der Waals surface area contributed by atoms with Crippen molar-refractivity contribution in [2.75, 3.05) is 31.5 Å². The van der Waals surface area contributed by atoms with Crippen LogP contribution < -0.4 is 10.1 Å². The van der Waals surface area contributed by atoms with Crippen LogP contribution >= 0.6 is 12.2 Å². The number of ether oxygens (including phenoxy) is 1. The van der Waals surface area contributed by atoms with Gasteiger partial charge >= 0.3 is 6.61 Å². The van der Waals surface area contributed by atoms with Crippen molar-refractivity contribution >= 4 is 23.0 Å². The highest BCUT2D eigenvalue weighted by atomic mass is 32.1. The van der Waals surface area contributed by atoms with E-state index in [2.05, 4.69) is 32.0 Å². The lowest BCUT2D eigenvalue weighted by Gasteiger charge is -2.36. The van der Waals surface area contributed by atoms with Crippen LogP contribution in [0.2, 0.25) is 0 Å². The van der Waals surface area contributed by atoms with Gasteiger partial charge in [-0.05, 0) is 42.4 Å². The van der Waals surface area contributed by atoms with E-state index in [9.17, 15) is 8.78 Å². The molecule has 1 saturated heterocycles. The summed E-state index contributed by atoms with van der Waals surface area (Å²) in [6, 6.07) is 15.5. The largest absolute Gasteiger partial charge is 0.433 e. The molecule has 0 radical (unpaired) electrons. The monoisotopic (exact) mass is 391 g/mol. The SMILES string of the molecule is Cc1ccc(NC(=S)N2CCN(Cc3ccccc3)CC2)c(OC(F)F)c1. The summed E-state index contributed by atoms with van der Waals surface area (Å²) >= 11 is 5.48. The van der Waals surface area contributed by atoms with Crippen molar-refractivity contribution in [1.29, 1.82) is 0 Å². The maximum Gasteiger partial charge on any atom is 0.387 e. The first-order chi connectivity index (χ1) is 13.0. The van der Waals surface area contributed by atoms with Crippen molar-refractivity contribution < 1.29 is 13.5 Å². The summed E-state index contributed by atoms with van der Waals surface area (Å²) < 4.78 is 29.9. The van der Waals surface area contributed by atoms with E-state index in [1.54, 1.807) is 12.1 Å². The number of halogens is 2. The Labute approximate surface area is 163 Å². The molecule has 1 fully saturated rings. The van der Waals surface area contributed by atoms with Crippen LogP contribution in [-0.4, -0.2) is 47.7 Å². The van der Waals surface area contributed by atoms with E-state index < -0.39 is 6.61 Å². The van der Waals surface area contributed by atoms with E-state index in [1.165, 1.54) is 5.56 Å². The number of hydrogen-bond donors (Lipinski definition) is 1. The number of nitrogens with one attached hydrogen (secondary N) is 1. The van der Waals surface area contributed by atoms with Gasteiger partial charge in [0.05, 0.1) is 5.69 Å². The fourth-order valence-corrected chi connectivity index (χ4v) is 3.36. The highest BCUT2D eigenvalue weighted by Gasteiger charge is 2.20. The summed E-state index contributed by atoms with van der Waals surface area (Å²) in [5.74, 6) is 0.107. The molecule has 2 aromatic rings. The van der Waals surface area contributed by atoms with Crippen LogP contribution in [0.3, 0.4) is 0 Å². The summed E-state index contributed by atoms with van der Waals surface area (Å²) in [6.45, 7) is 3.23. The Morgan fingerprint density at radius 1 is 1.11 bits per heavy atom. The van der Waals surface area contributed by atoms with E-state index in [-0.39, 0.29) is 5.75 Å². The zero-order chi connectivity index (χ0) is 19.2. The summed E-state index contributed by atoms with van der Waals surface area (Å²) in [5.41, 5.74) is 2.59. The number of nitrogens with zero attached hydrogens (tertiary/aromatic N) is 2. The van der Waals surface area contributed by atoms with Crippen LogP contribution in [-0.2, 0) is 6.54 Å². The molecule has 4 nitrogen and oxygen atoms in total. The smallest absolute Gasteiger partial charge is 0.387 e. The molecular formula is C20H23F2N3OS. The fraction of sp³-hybridized carbons (Fsp3) is 0.350. The van der Waals surface area contributed by atoms with Gasteiger partial charge < -0.3 is 15.0 Å². The lowest BCUT2D eigenvalue weighted by molar-refractivity contribution is -0.0493. The van der Waals surface area contributed by atoms with E-state index in [0.717, 1.165) is 38.3 Å². The zero-order valence-corrected chi connectivity index (χ0v) is 16.0. The molecule has 3 rings (SSSR count). The van der Waals surface area contributed by atoms with Crippen LogP contribution in [0.25, 0.3) is 0 Å². The number of benzene rings is 2. The lowest BCUT2D eigenvalue weighted by atomic mass is 10.2. The summed E-state index contributed by atoms with van der Waals surface area (Å²) in [6.07, 6.45) is 0. The Hall–Kier alpha value is -2.25. The average molecular weight is 391 g/mol. The molecule has 1 aliphatic rings. The third-order valence-electron chi connectivity index (χ3n) is 4.50. The number of hydrogen-bond acceptors (Lipinski definition) is 3. The van der Waals surface area contributed by atoms with Gasteiger partial charge in [0, 0.05) is 32.7 Å². The van der Waals surface area contributed by atoms with Gasteiger partial charge in [-0.2, -0.15) is 8.78 Å². The Morgan fingerprint density at radius 2 is 1.81 bits per heavy atom. The molecule has 1 N–H and O–H groups in total. The first-order valence-electron chi connectivity index (χ1n) is 8.89. The fourth-order valence-electron chi connectivity index (χ4n) is 3.07. The van der Waals surface area contributed by atoms with Gasteiger partial charge in [-0.3, -0.25) is 4.90 Å². The highest BCUT2D eigenvalue weighted by Crippen LogP contribution is 2.27. The minimum absolute atomic E-state index is 0.107. The van der Waals surface area contributed by atoms with Gasteiger partial charge in [0.15, 0.2) is 5.11 Å². The van der Waals surface area contributed by atoms with Crippen LogP contribution in [0.15, 0.2) is 48.5 Å². The Morgan fingerprint density at radius 3 is 2.48 bits per heavy atom. The maximum atomic E-state index is 12.6. The number of alkyl halides is 2. The number of thiocarbonyl (C=S) groups is 1. The lowest BCUT2D eigenvalue weighted by Crippen LogP contribution is -2.49. The maximum absolute atomic E-state index is 12.6. The molecule has 144 valence electrons. The molecular weight excluding hydrogens is 368 g/mol. The molecule has 1 aliphatic heterocycles. The standard InChI is InChI=1S/C20H23F2N3OS/c1-15-7-8-17(18(13-15)26-19(21)22)23-20(27)25-11-9-24(10-12-25)14-16-5-3-2-4-6-16/h2-8,13,19H,9-12,14H2,1H3,(H,23,27). The summed E-state index contributed by atoms with van der Waals surface area (Å²) in [5, 5.41) is 3.58. The molecule has 0 saturated carbocycles. The van der Waals surface area contributed by atoms with Crippen LogP contribution in [0.4, 0.5) is 14.5 Å². The molecule has 0 amide bonds. The molecule has 7 heteroatoms.